The van der Waals surface area contributed by atoms with E-state index >= 15 is 0 Å². The Balaban J connectivity index is 1.97. The first kappa shape index (κ1) is 17.2. The molecule has 0 spiro atoms. The number of hydrogen-bond donors (Lipinski definition) is 1. The maximum absolute atomic E-state index is 11.7. The van der Waals surface area contributed by atoms with Crippen molar-refractivity contribution in [3.8, 4) is 0 Å². The second-order valence-electron chi connectivity index (χ2n) is 5.76. The second kappa shape index (κ2) is 7.44. The summed E-state index contributed by atoms with van der Waals surface area (Å²) >= 11 is 6.16. The van der Waals surface area contributed by atoms with E-state index < -0.39 is 21.6 Å². The van der Waals surface area contributed by atoms with Gasteiger partial charge in [0.1, 0.15) is 5.75 Å². The molecule has 1 saturated carbocycles. The van der Waals surface area contributed by atoms with Crippen LogP contribution in [0.2, 0.25) is 5.02 Å². The van der Waals surface area contributed by atoms with Crippen molar-refractivity contribution < 1.29 is 18.3 Å². The van der Waals surface area contributed by atoms with Crippen molar-refractivity contribution >= 4 is 27.4 Å². The monoisotopic (exact) mass is 345 g/mol. The van der Waals surface area contributed by atoms with E-state index in [-0.39, 0.29) is 5.75 Å². The van der Waals surface area contributed by atoms with Crippen molar-refractivity contribution in [2.24, 2.45) is 5.92 Å². The quantitative estimate of drug-likeness (QED) is 0.741. The minimum Gasteiger partial charge on any atom is -0.480 e. The number of halogens is 1. The molecule has 0 unspecified atom stereocenters. The lowest BCUT2D eigenvalue weighted by molar-refractivity contribution is -0.134. The molecule has 22 heavy (non-hydrogen) atoms. The van der Waals surface area contributed by atoms with Crippen molar-refractivity contribution in [3.63, 3.8) is 0 Å². The van der Waals surface area contributed by atoms with E-state index in [2.05, 4.69) is 4.90 Å². The molecule has 1 aromatic rings. The number of aliphatic carboxylic acids is 1. The van der Waals surface area contributed by atoms with Gasteiger partial charge in [0.05, 0.1) is 5.75 Å². The summed E-state index contributed by atoms with van der Waals surface area (Å²) in [4.78, 5) is 12.6. The summed E-state index contributed by atoms with van der Waals surface area (Å²) in [6.07, 6.45) is 2.34. The Bertz CT molecular complexity index is 628. The third-order valence-corrected chi connectivity index (χ3v) is 5.49. The minimum atomic E-state index is -3.57. The van der Waals surface area contributed by atoms with Crippen molar-refractivity contribution in [1.29, 1.82) is 0 Å². The van der Waals surface area contributed by atoms with E-state index in [0.29, 0.717) is 24.0 Å². The zero-order chi connectivity index (χ0) is 16.2. The summed E-state index contributed by atoms with van der Waals surface area (Å²) in [5.41, 5.74) is 0.959. The van der Waals surface area contributed by atoms with E-state index in [4.69, 9.17) is 16.7 Å². The van der Waals surface area contributed by atoms with E-state index in [1.165, 1.54) is 12.8 Å². The lowest BCUT2D eigenvalue weighted by Gasteiger charge is -2.22. The fourth-order valence-corrected chi connectivity index (χ4v) is 3.55. The first-order valence-electron chi connectivity index (χ1n) is 7.24. The van der Waals surface area contributed by atoms with Gasteiger partial charge in [-0.2, -0.15) is 0 Å². The standard InChI is InChI=1S/C15H20ClNO4S/c16-14-4-2-1-3-13(14)10-17(9-12-5-6-12)7-8-22(20,21)11-15(18)19/h1-4,12H,5-11H2,(H,18,19). The highest BCUT2D eigenvalue weighted by Crippen LogP contribution is 2.30. The molecule has 1 fully saturated rings. The predicted molar refractivity (Wildman–Crippen MR) is 85.7 cm³/mol. The highest BCUT2D eigenvalue weighted by Gasteiger charge is 2.26. The molecular weight excluding hydrogens is 326 g/mol. The molecule has 122 valence electrons. The van der Waals surface area contributed by atoms with Gasteiger partial charge in [0.2, 0.25) is 0 Å². The topological polar surface area (TPSA) is 74.7 Å². The molecule has 0 saturated heterocycles. The lowest BCUT2D eigenvalue weighted by atomic mass is 10.2. The third kappa shape index (κ3) is 5.94. The Hall–Kier alpha value is -1.11. The van der Waals surface area contributed by atoms with Crippen LogP contribution in [0.25, 0.3) is 0 Å². The minimum absolute atomic E-state index is 0.142. The molecule has 1 N–H and O–H groups in total. The average Bonchev–Trinajstić information content (AvgIpc) is 3.21. The highest BCUT2D eigenvalue weighted by molar-refractivity contribution is 7.92. The van der Waals surface area contributed by atoms with Crippen LogP contribution in [0.3, 0.4) is 0 Å². The Morgan fingerprint density at radius 1 is 1.32 bits per heavy atom. The first-order chi connectivity index (χ1) is 10.4. The fraction of sp³-hybridized carbons (Fsp3) is 0.533. The second-order valence-corrected chi connectivity index (χ2v) is 8.35. The number of carbonyl (C=O) groups is 1. The maximum Gasteiger partial charge on any atom is 0.318 e. The molecule has 0 aliphatic heterocycles. The molecule has 1 aromatic carbocycles. The largest absolute Gasteiger partial charge is 0.480 e. The van der Waals surface area contributed by atoms with Gasteiger partial charge in [-0.1, -0.05) is 29.8 Å². The van der Waals surface area contributed by atoms with Gasteiger partial charge < -0.3 is 5.11 Å². The number of hydrogen-bond acceptors (Lipinski definition) is 4. The highest BCUT2D eigenvalue weighted by atomic mass is 35.5. The molecular formula is C15H20ClNO4S. The Morgan fingerprint density at radius 3 is 2.59 bits per heavy atom. The lowest BCUT2D eigenvalue weighted by Crippen LogP contribution is -2.32. The van der Waals surface area contributed by atoms with Gasteiger partial charge in [0.15, 0.2) is 9.84 Å². The summed E-state index contributed by atoms with van der Waals surface area (Å²) in [6, 6.07) is 7.49. The fourth-order valence-electron chi connectivity index (χ4n) is 2.30. The van der Waals surface area contributed by atoms with Crippen molar-refractivity contribution in [2.75, 3.05) is 24.6 Å². The molecule has 0 radical (unpaired) electrons. The summed E-state index contributed by atoms with van der Waals surface area (Å²) in [5.74, 6) is -1.64. The number of carboxylic acid groups (broad SMARTS) is 1. The van der Waals surface area contributed by atoms with Crippen LogP contribution in [0, 0.1) is 5.92 Å². The van der Waals surface area contributed by atoms with Crippen molar-refractivity contribution in [1.82, 2.24) is 4.90 Å². The Morgan fingerprint density at radius 2 is 2.00 bits per heavy atom. The van der Waals surface area contributed by atoms with Crippen molar-refractivity contribution in [2.45, 2.75) is 19.4 Å². The van der Waals surface area contributed by atoms with Gasteiger partial charge in [0.25, 0.3) is 0 Å². The molecule has 2 rings (SSSR count). The predicted octanol–water partition coefficient (Wildman–Crippen LogP) is 2.05. The average molecular weight is 346 g/mol. The van der Waals surface area contributed by atoms with Gasteiger partial charge in [-0.25, -0.2) is 8.42 Å². The van der Waals surface area contributed by atoms with Crippen LogP contribution in [-0.2, 0) is 21.2 Å². The molecule has 7 heteroatoms. The summed E-state index contributed by atoms with van der Waals surface area (Å²) in [6.45, 7) is 1.74. The molecule has 0 aromatic heterocycles. The van der Waals surface area contributed by atoms with Gasteiger partial charge in [-0.15, -0.1) is 0 Å². The van der Waals surface area contributed by atoms with Crippen LogP contribution in [-0.4, -0.2) is 49.0 Å². The number of benzene rings is 1. The van der Waals surface area contributed by atoms with Gasteiger partial charge in [0, 0.05) is 24.7 Å². The van der Waals surface area contributed by atoms with Gasteiger partial charge >= 0.3 is 5.97 Å². The number of carboxylic acids is 1. The molecule has 0 heterocycles. The van der Waals surface area contributed by atoms with Crippen LogP contribution in [0.4, 0.5) is 0 Å². The van der Waals surface area contributed by atoms with Crippen LogP contribution >= 0.6 is 11.6 Å². The van der Waals surface area contributed by atoms with E-state index in [1.54, 1.807) is 0 Å². The zero-order valence-electron chi connectivity index (χ0n) is 12.2. The first-order valence-corrected chi connectivity index (χ1v) is 9.43. The smallest absolute Gasteiger partial charge is 0.318 e. The number of sulfone groups is 1. The molecule has 0 amide bonds. The number of nitrogens with zero attached hydrogens (tertiary/aromatic N) is 1. The van der Waals surface area contributed by atoms with E-state index in [9.17, 15) is 13.2 Å². The van der Waals surface area contributed by atoms with Crippen LogP contribution in [0.5, 0.6) is 0 Å². The third-order valence-electron chi connectivity index (χ3n) is 3.63. The van der Waals surface area contributed by atoms with Gasteiger partial charge in [-0.05, 0) is 30.4 Å². The SMILES string of the molecule is O=C(O)CS(=O)(=O)CCN(Cc1ccccc1Cl)CC1CC1. The molecule has 0 bridgehead atoms. The Labute approximate surface area is 135 Å². The van der Waals surface area contributed by atoms with Crippen LogP contribution in [0.1, 0.15) is 18.4 Å². The van der Waals surface area contributed by atoms with Crippen LogP contribution < -0.4 is 0 Å². The summed E-state index contributed by atoms with van der Waals surface area (Å²) < 4.78 is 23.5. The molecule has 1 aliphatic rings. The molecule has 0 atom stereocenters. The van der Waals surface area contributed by atoms with Gasteiger partial charge in [-0.3, -0.25) is 9.69 Å². The Kier molecular flexibility index (Phi) is 5.83. The van der Waals surface area contributed by atoms with E-state index in [0.717, 1.165) is 12.1 Å². The van der Waals surface area contributed by atoms with Crippen molar-refractivity contribution in [3.05, 3.63) is 34.9 Å². The molecule has 1 aliphatic carbocycles. The van der Waals surface area contributed by atoms with Crippen LogP contribution in [0.15, 0.2) is 24.3 Å². The number of rotatable bonds is 9. The normalized spacial score (nSPS) is 15.2. The van der Waals surface area contributed by atoms with E-state index in [1.807, 2.05) is 24.3 Å². The zero-order valence-corrected chi connectivity index (χ0v) is 13.8. The summed E-state index contributed by atoms with van der Waals surface area (Å²) in [5, 5.41) is 9.29. The molecule has 5 nitrogen and oxygen atoms in total. The summed E-state index contributed by atoms with van der Waals surface area (Å²) in [7, 11) is -3.57. The maximum atomic E-state index is 11.7.